The molecule has 2 unspecified atom stereocenters. The number of aryl methyl sites for hydroxylation is 2. The third-order valence-corrected chi connectivity index (χ3v) is 9.98. The first-order valence-electron chi connectivity index (χ1n) is 15.7. The fourth-order valence-electron chi connectivity index (χ4n) is 7.40. The summed E-state index contributed by atoms with van der Waals surface area (Å²) in [4.78, 5) is 42.5. The number of hydrogen-bond donors (Lipinski definition) is 1. The molecule has 10 nitrogen and oxygen atoms in total. The maximum absolute atomic E-state index is 17.9. The van der Waals surface area contributed by atoms with Crippen LogP contribution in [-0.4, -0.2) is 74.3 Å². The minimum Gasteiger partial charge on any atom is -0.371 e. The van der Waals surface area contributed by atoms with Gasteiger partial charge in [-0.25, -0.2) is 9.18 Å². The maximum Gasteiger partial charge on any atom is 0.354 e. The van der Waals surface area contributed by atoms with Crippen molar-refractivity contribution in [2.24, 2.45) is 0 Å². The normalized spacial score (nSPS) is 17.9. The van der Waals surface area contributed by atoms with Gasteiger partial charge in [0.05, 0.1) is 45.2 Å². The van der Waals surface area contributed by atoms with Crippen LogP contribution >= 0.6 is 11.6 Å². The third-order valence-electron chi connectivity index (χ3n) is 9.61. The number of H-pyrrole nitrogens is 1. The minimum absolute atomic E-state index is 0.0678. The maximum atomic E-state index is 17.9. The Labute approximate surface area is 276 Å². The molecule has 1 fully saturated rings. The molecular weight excluding hydrogens is 619 g/mol. The Hall–Kier alpha value is -4.77. The fourth-order valence-corrected chi connectivity index (χ4v) is 7.82. The smallest absolute Gasteiger partial charge is 0.354 e. The number of carbonyl (C=O) groups is 1. The molecule has 0 radical (unpaired) electrons. The number of anilines is 2. The molecule has 0 spiro atoms. The Morgan fingerprint density at radius 1 is 1.13 bits per heavy atom. The monoisotopic (exact) mass is 654 g/mol. The van der Waals surface area contributed by atoms with Gasteiger partial charge in [-0.05, 0) is 56.0 Å². The van der Waals surface area contributed by atoms with Gasteiger partial charge in [-0.2, -0.15) is 10.1 Å². The van der Waals surface area contributed by atoms with Gasteiger partial charge >= 0.3 is 5.69 Å². The molecule has 5 aromatic rings. The van der Waals surface area contributed by atoms with E-state index >= 15 is 4.39 Å². The molecule has 1 amide bonds. The highest BCUT2D eigenvalue weighted by Crippen LogP contribution is 2.50. The Bertz CT molecular complexity index is 2190. The van der Waals surface area contributed by atoms with E-state index in [2.05, 4.69) is 21.8 Å². The molecule has 2 aliphatic heterocycles. The average molecular weight is 655 g/mol. The molecule has 0 bridgehead atoms. The Morgan fingerprint density at radius 3 is 2.62 bits per heavy atom. The minimum atomic E-state index is -0.635. The van der Waals surface area contributed by atoms with E-state index in [1.807, 2.05) is 69.7 Å². The standard InChI is InChI=1S/C35H36ClFN8O2/c1-8-24(46)43-16-21-15-42(7)32-27-33(29(37)26(28(32)36)25-18(4)9-10-23-22(25)13-39-41-23)45(31-19(5)11-12-38-30(31)17(2)3)35(47)40-34(27)44(21)14-20(43)6/h8-13,17,20-21H,1,14-16H2,2-7H3,(H,39,41). The van der Waals surface area contributed by atoms with Crippen molar-refractivity contribution < 1.29 is 9.18 Å². The number of likely N-dealkylation sites (N-methyl/N-ethyl adjacent to an activating group) is 1. The van der Waals surface area contributed by atoms with E-state index in [0.717, 1.165) is 16.6 Å². The van der Waals surface area contributed by atoms with Gasteiger partial charge in [0.25, 0.3) is 0 Å². The summed E-state index contributed by atoms with van der Waals surface area (Å²) in [5, 5.41) is 8.58. The van der Waals surface area contributed by atoms with E-state index in [9.17, 15) is 9.59 Å². The predicted octanol–water partition coefficient (Wildman–Crippen LogP) is 5.90. The van der Waals surface area contributed by atoms with Crippen molar-refractivity contribution >= 4 is 50.8 Å². The SMILES string of the molecule is C=CC(=O)N1CC2CN(C)c3c(Cl)c(-c4c(C)ccc5[nH]ncc45)c(F)c4c3c(nc(=O)n4-c3c(C)ccnc3C(C)C)N2CC1C. The van der Waals surface area contributed by atoms with Crippen molar-refractivity contribution in [3.05, 3.63) is 81.4 Å². The van der Waals surface area contributed by atoms with Gasteiger partial charge in [-0.15, -0.1) is 0 Å². The second kappa shape index (κ2) is 11.2. The van der Waals surface area contributed by atoms with Crippen LogP contribution in [-0.2, 0) is 4.79 Å². The van der Waals surface area contributed by atoms with Crippen molar-refractivity contribution in [2.45, 2.75) is 52.6 Å². The molecule has 2 aromatic carbocycles. The molecule has 0 saturated carbocycles. The molecule has 242 valence electrons. The van der Waals surface area contributed by atoms with Gasteiger partial charge in [0, 0.05) is 55.4 Å². The van der Waals surface area contributed by atoms with Crippen LogP contribution < -0.4 is 15.5 Å². The number of nitrogens with zero attached hydrogens (tertiary/aromatic N) is 7. The first-order valence-corrected chi connectivity index (χ1v) is 16.1. The molecule has 2 atom stereocenters. The summed E-state index contributed by atoms with van der Waals surface area (Å²) < 4.78 is 19.3. The molecule has 0 aliphatic carbocycles. The number of carbonyl (C=O) groups excluding carboxylic acids is 1. The summed E-state index contributed by atoms with van der Waals surface area (Å²) in [6.07, 6.45) is 4.69. The number of pyridine rings is 1. The van der Waals surface area contributed by atoms with Crippen molar-refractivity contribution in [2.75, 3.05) is 36.5 Å². The number of benzene rings is 2. The summed E-state index contributed by atoms with van der Waals surface area (Å²) in [6, 6.07) is 5.15. The van der Waals surface area contributed by atoms with Crippen molar-refractivity contribution in [3.63, 3.8) is 0 Å². The number of nitrogens with one attached hydrogen (secondary N) is 1. The Morgan fingerprint density at radius 2 is 1.89 bits per heavy atom. The highest BCUT2D eigenvalue weighted by atomic mass is 35.5. The number of aromatic amines is 1. The van der Waals surface area contributed by atoms with Gasteiger partial charge in [0.15, 0.2) is 5.82 Å². The average Bonchev–Trinajstić information content (AvgIpc) is 3.47. The lowest BCUT2D eigenvalue weighted by Crippen LogP contribution is -2.61. The highest BCUT2D eigenvalue weighted by Gasteiger charge is 2.41. The second-order valence-electron chi connectivity index (χ2n) is 13.0. The van der Waals surface area contributed by atoms with Gasteiger partial charge < -0.3 is 14.7 Å². The van der Waals surface area contributed by atoms with Crippen LogP contribution in [0.3, 0.4) is 0 Å². The molecule has 47 heavy (non-hydrogen) atoms. The van der Waals surface area contributed by atoms with Gasteiger partial charge in [-0.1, -0.05) is 38.1 Å². The number of halogens is 2. The van der Waals surface area contributed by atoms with Crippen LogP contribution in [0.15, 0.2) is 48.0 Å². The lowest BCUT2D eigenvalue weighted by Gasteiger charge is -2.45. The number of amides is 1. The zero-order valence-electron chi connectivity index (χ0n) is 27.2. The molecule has 2 aliphatic rings. The summed E-state index contributed by atoms with van der Waals surface area (Å²) in [5.74, 6) is -0.522. The highest BCUT2D eigenvalue weighted by molar-refractivity contribution is 6.39. The first kappa shape index (κ1) is 30.9. The van der Waals surface area contributed by atoms with E-state index < -0.39 is 11.5 Å². The quantitative estimate of drug-likeness (QED) is 0.241. The number of rotatable bonds is 4. The van der Waals surface area contributed by atoms with E-state index in [4.69, 9.17) is 16.6 Å². The van der Waals surface area contributed by atoms with Gasteiger partial charge in [0.1, 0.15) is 11.3 Å². The third kappa shape index (κ3) is 4.54. The van der Waals surface area contributed by atoms with E-state index in [1.54, 1.807) is 17.3 Å². The molecular formula is C35H36ClFN8O2. The van der Waals surface area contributed by atoms with Crippen LogP contribution in [0.25, 0.3) is 38.6 Å². The van der Waals surface area contributed by atoms with Crippen molar-refractivity contribution in [1.29, 1.82) is 0 Å². The molecule has 5 heterocycles. The lowest BCUT2D eigenvalue weighted by atomic mass is 9.93. The first-order chi connectivity index (χ1) is 22.4. The topological polar surface area (TPSA) is 103 Å². The summed E-state index contributed by atoms with van der Waals surface area (Å²) >= 11 is 7.38. The predicted molar refractivity (Wildman–Crippen MR) is 185 cm³/mol. The fraction of sp³-hybridized carbons (Fsp3) is 0.343. The molecule has 1 saturated heterocycles. The largest absolute Gasteiger partial charge is 0.371 e. The van der Waals surface area contributed by atoms with E-state index in [0.29, 0.717) is 58.9 Å². The number of piperazine rings is 1. The summed E-state index contributed by atoms with van der Waals surface area (Å²) in [6.45, 7) is 14.6. The second-order valence-corrected chi connectivity index (χ2v) is 13.3. The van der Waals surface area contributed by atoms with Crippen LogP contribution in [0.2, 0.25) is 5.02 Å². The van der Waals surface area contributed by atoms with E-state index in [-0.39, 0.29) is 40.0 Å². The van der Waals surface area contributed by atoms with Gasteiger partial charge in [-0.3, -0.25) is 19.4 Å². The Kier molecular flexibility index (Phi) is 7.35. The van der Waals surface area contributed by atoms with Crippen LogP contribution in [0.5, 0.6) is 0 Å². The summed E-state index contributed by atoms with van der Waals surface area (Å²) in [5.41, 5.74) is 4.24. The molecule has 7 rings (SSSR count). The lowest BCUT2D eigenvalue weighted by molar-refractivity contribution is -0.128. The van der Waals surface area contributed by atoms with E-state index in [1.165, 1.54) is 10.6 Å². The van der Waals surface area contributed by atoms with Crippen molar-refractivity contribution in [3.8, 4) is 16.8 Å². The van der Waals surface area contributed by atoms with Crippen LogP contribution in [0, 0.1) is 19.7 Å². The van der Waals surface area contributed by atoms with Crippen LogP contribution in [0.4, 0.5) is 15.9 Å². The Balaban J connectivity index is 1.66. The van der Waals surface area contributed by atoms with Crippen LogP contribution in [0.1, 0.15) is 43.5 Å². The summed E-state index contributed by atoms with van der Waals surface area (Å²) in [7, 11) is 1.91. The molecule has 1 N–H and O–H groups in total. The number of aromatic nitrogens is 5. The van der Waals surface area contributed by atoms with Gasteiger partial charge in [0.2, 0.25) is 5.91 Å². The molecule has 3 aromatic heterocycles. The molecule has 12 heteroatoms. The number of hydrogen-bond acceptors (Lipinski definition) is 7. The zero-order chi connectivity index (χ0) is 33.5. The number of fused-ring (bicyclic) bond motifs is 3. The van der Waals surface area contributed by atoms with Crippen molar-refractivity contribution in [1.82, 2.24) is 29.6 Å². The zero-order valence-corrected chi connectivity index (χ0v) is 28.0.